The molecule has 2 amide bonds. The summed E-state index contributed by atoms with van der Waals surface area (Å²) in [5, 5.41) is 12.9. The summed E-state index contributed by atoms with van der Waals surface area (Å²) in [6.45, 7) is 1.76. The first kappa shape index (κ1) is 17.4. The number of carbonyl (C=O) groups is 2. The van der Waals surface area contributed by atoms with E-state index in [9.17, 15) is 19.1 Å². The van der Waals surface area contributed by atoms with Crippen LogP contribution >= 0.6 is 0 Å². The van der Waals surface area contributed by atoms with Crippen LogP contribution in [-0.4, -0.2) is 35.2 Å². The molecule has 1 aliphatic heterocycles. The van der Waals surface area contributed by atoms with Crippen LogP contribution in [0.3, 0.4) is 0 Å². The molecule has 23 heavy (non-hydrogen) atoms. The lowest BCUT2D eigenvalue weighted by molar-refractivity contribution is -0.138. The number of aliphatic hydroxyl groups is 1. The molecule has 0 aromatic heterocycles. The van der Waals surface area contributed by atoms with Crippen LogP contribution in [0.25, 0.3) is 0 Å². The Morgan fingerprint density at radius 1 is 1.35 bits per heavy atom. The zero-order valence-corrected chi connectivity index (χ0v) is 12.9. The van der Waals surface area contributed by atoms with E-state index in [4.69, 9.17) is 10.5 Å². The second kappa shape index (κ2) is 7.52. The van der Waals surface area contributed by atoms with Crippen LogP contribution in [0.15, 0.2) is 24.3 Å². The lowest BCUT2D eigenvalue weighted by Crippen LogP contribution is -2.41. The van der Waals surface area contributed by atoms with Gasteiger partial charge in [0.05, 0.1) is 6.10 Å². The topological polar surface area (TPSA) is 102 Å². The number of hydrogen-bond acceptors (Lipinski definition) is 4. The van der Waals surface area contributed by atoms with Crippen molar-refractivity contribution in [3.63, 3.8) is 0 Å². The zero-order chi connectivity index (χ0) is 17.0. The summed E-state index contributed by atoms with van der Waals surface area (Å²) in [5.74, 6) is -1.27. The van der Waals surface area contributed by atoms with Crippen molar-refractivity contribution < 1.29 is 23.8 Å². The van der Waals surface area contributed by atoms with Crippen LogP contribution in [-0.2, 0) is 14.3 Å². The van der Waals surface area contributed by atoms with Gasteiger partial charge in [0.1, 0.15) is 18.0 Å². The van der Waals surface area contributed by atoms with E-state index in [1.165, 1.54) is 24.3 Å². The standard InChI is InChI=1S/C16H21FN2O4/c1-9(8-12(20)10-2-4-11(17)5-3-10)19-16(22)14-7-6-13(23-14)15(18)21/h2-5,9,12-14,20H,6-8H2,1H3,(H2,18,21)(H,19,22)/t9-,12+,13+,14+/m1/s1. The molecule has 4 atom stereocenters. The summed E-state index contributed by atoms with van der Waals surface area (Å²) in [7, 11) is 0. The predicted octanol–water partition coefficient (Wildman–Crippen LogP) is 0.787. The average Bonchev–Trinajstić information content (AvgIpc) is 2.97. The number of ether oxygens (including phenoxy) is 1. The molecule has 0 aliphatic carbocycles. The molecule has 0 radical (unpaired) electrons. The fourth-order valence-electron chi connectivity index (χ4n) is 2.59. The minimum atomic E-state index is -0.811. The van der Waals surface area contributed by atoms with Gasteiger partial charge in [-0.05, 0) is 43.9 Å². The number of carbonyl (C=O) groups excluding carboxylic acids is 2. The molecular weight excluding hydrogens is 303 g/mol. The summed E-state index contributed by atoms with van der Waals surface area (Å²) in [6.07, 6.45) is -1.08. The van der Waals surface area contributed by atoms with E-state index < -0.39 is 24.2 Å². The number of amides is 2. The number of nitrogens with two attached hydrogens (primary N) is 1. The van der Waals surface area contributed by atoms with Crippen LogP contribution < -0.4 is 11.1 Å². The number of rotatable bonds is 6. The van der Waals surface area contributed by atoms with Crippen molar-refractivity contribution in [1.29, 1.82) is 0 Å². The molecule has 1 aliphatic rings. The molecule has 1 aromatic carbocycles. The average molecular weight is 324 g/mol. The summed E-state index contributed by atoms with van der Waals surface area (Å²) in [4.78, 5) is 23.1. The maximum Gasteiger partial charge on any atom is 0.249 e. The van der Waals surface area contributed by atoms with E-state index in [-0.39, 0.29) is 24.2 Å². The molecule has 126 valence electrons. The third-order valence-corrected chi connectivity index (χ3v) is 3.85. The molecule has 1 saturated heterocycles. The molecule has 0 unspecified atom stereocenters. The molecule has 4 N–H and O–H groups in total. The number of primary amides is 1. The molecule has 0 bridgehead atoms. The maximum absolute atomic E-state index is 12.9. The Balaban J connectivity index is 1.82. The Kier molecular flexibility index (Phi) is 5.68. The molecule has 2 rings (SSSR count). The maximum atomic E-state index is 12.9. The van der Waals surface area contributed by atoms with E-state index in [1.807, 2.05) is 0 Å². The van der Waals surface area contributed by atoms with Crippen molar-refractivity contribution in [1.82, 2.24) is 5.32 Å². The van der Waals surface area contributed by atoms with Gasteiger partial charge in [-0.15, -0.1) is 0 Å². The smallest absolute Gasteiger partial charge is 0.249 e. The second-order valence-corrected chi connectivity index (χ2v) is 5.81. The van der Waals surface area contributed by atoms with Gasteiger partial charge in [-0.1, -0.05) is 12.1 Å². The third kappa shape index (κ3) is 4.74. The molecule has 0 spiro atoms. The summed E-state index contributed by atoms with van der Waals surface area (Å²) in [5.41, 5.74) is 5.73. The van der Waals surface area contributed by atoms with Crippen LogP contribution in [0.2, 0.25) is 0 Å². The van der Waals surface area contributed by atoms with Gasteiger partial charge in [0.15, 0.2) is 0 Å². The van der Waals surface area contributed by atoms with Gasteiger partial charge in [0.25, 0.3) is 0 Å². The predicted molar refractivity (Wildman–Crippen MR) is 80.7 cm³/mol. The molecular formula is C16H21FN2O4. The lowest BCUT2D eigenvalue weighted by atomic mass is 10.0. The Labute approximate surface area is 133 Å². The first-order valence-electron chi connectivity index (χ1n) is 7.55. The highest BCUT2D eigenvalue weighted by Crippen LogP contribution is 2.21. The summed E-state index contributed by atoms with van der Waals surface area (Å²) in [6, 6.07) is 5.26. The van der Waals surface area contributed by atoms with Crippen molar-refractivity contribution in [3.8, 4) is 0 Å². The first-order valence-corrected chi connectivity index (χ1v) is 7.55. The minimum Gasteiger partial charge on any atom is -0.388 e. The van der Waals surface area contributed by atoms with Gasteiger partial charge in [-0.25, -0.2) is 4.39 Å². The molecule has 1 aromatic rings. The number of aliphatic hydroxyl groups excluding tert-OH is 1. The quantitative estimate of drug-likeness (QED) is 0.720. The third-order valence-electron chi connectivity index (χ3n) is 3.85. The Hall–Kier alpha value is -1.99. The van der Waals surface area contributed by atoms with Crippen LogP contribution in [0, 0.1) is 5.82 Å². The highest BCUT2D eigenvalue weighted by Gasteiger charge is 2.34. The van der Waals surface area contributed by atoms with Crippen molar-refractivity contribution in [2.75, 3.05) is 0 Å². The largest absolute Gasteiger partial charge is 0.388 e. The zero-order valence-electron chi connectivity index (χ0n) is 12.9. The van der Waals surface area contributed by atoms with Gasteiger partial charge in [-0.2, -0.15) is 0 Å². The number of hydrogen-bond donors (Lipinski definition) is 3. The van der Waals surface area contributed by atoms with Gasteiger partial charge in [0.2, 0.25) is 11.8 Å². The number of benzene rings is 1. The minimum absolute atomic E-state index is 0.281. The Morgan fingerprint density at radius 3 is 2.52 bits per heavy atom. The lowest BCUT2D eigenvalue weighted by Gasteiger charge is -2.20. The molecule has 1 heterocycles. The Morgan fingerprint density at radius 2 is 1.96 bits per heavy atom. The van der Waals surface area contributed by atoms with E-state index in [0.717, 1.165) is 0 Å². The second-order valence-electron chi connectivity index (χ2n) is 5.81. The SMILES string of the molecule is C[C@H](C[C@H](O)c1ccc(F)cc1)NC(=O)[C@@H]1CC[C@@H](C(N)=O)O1. The van der Waals surface area contributed by atoms with Crippen LogP contribution in [0.1, 0.15) is 37.9 Å². The summed E-state index contributed by atoms with van der Waals surface area (Å²) >= 11 is 0. The van der Waals surface area contributed by atoms with Crippen molar-refractivity contribution in [2.24, 2.45) is 5.73 Å². The van der Waals surface area contributed by atoms with E-state index >= 15 is 0 Å². The molecule has 7 heteroatoms. The highest BCUT2D eigenvalue weighted by atomic mass is 19.1. The first-order chi connectivity index (χ1) is 10.9. The van der Waals surface area contributed by atoms with E-state index in [0.29, 0.717) is 18.4 Å². The molecule has 6 nitrogen and oxygen atoms in total. The molecule has 0 saturated carbocycles. The fourth-order valence-corrected chi connectivity index (χ4v) is 2.59. The van der Waals surface area contributed by atoms with Crippen molar-refractivity contribution in [3.05, 3.63) is 35.6 Å². The van der Waals surface area contributed by atoms with Crippen molar-refractivity contribution in [2.45, 2.75) is 50.5 Å². The number of nitrogens with one attached hydrogen (secondary N) is 1. The van der Waals surface area contributed by atoms with E-state index in [2.05, 4.69) is 5.32 Å². The van der Waals surface area contributed by atoms with Gasteiger partial charge >= 0.3 is 0 Å². The Bertz CT molecular complexity index is 564. The highest BCUT2D eigenvalue weighted by molar-refractivity contribution is 5.84. The van der Waals surface area contributed by atoms with Crippen LogP contribution in [0.5, 0.6) is 0 Å². The van der Waals surface area contributed by atoms with E-state index in [1.54, 1.807) is 6.92 Å². The van der Waals surface area contributed by atoms with Crippen molar-refractivity contribution >= 4 is 11.8 Å². The molecule has 1 fully saturated rings. The van der Waals surface area contributed by atoms with Crippen LogP contribution in [0.4, 0.5) is 4.39 Å². The monoisotopic (exact) mass is 324 g/mol. The number of halogens is 1. The normalized spacial score (nSPS) is 23.3. The van der Waals surface area contributed by atoms with Gasteiger partial charge < -0.3 is 20.9 Å². The van der Waals surface area contributed by atoms with Gasteiger partial charge in [-0.3, -0.25) is 9.59 Å². The van der Waals surface area contributed by atoms with Gasteiger partial charge in [0, 0.05) is 6.04 Å². The fraction of sp³-hybridized carbons (Fsp3) is 0.500. The summed E-state index contributed by atoms with van der Waals surface area (Å²) < 4.78 is 18.2.